The Morgan fingerprint density at radius 2 is 2.00 bits per heavy atom. The van der Waals surface area contributed by atoms with Crippen molar-refractivity contribution in [2.45, 2.75) is 19.8 Å². The molecular weight excluding hydrogens is 272 g/mol. The highest BCUT2D eigenvalue weighted by atomic mass is 16.6. The molecule has 2 aromatic rings. The fraction of sp³-hybridized carbons (Fsp3) is 0.200. The normalized spacial score (nSPS) is 10.6. The van der Waals surface area contributed by atoms with E-state index in [4.69, 9.17) is 5.11 Å². The van der Waals surface area contributed by atoms with Crippen LogP contribution in [0.4, 0.5) is 5.69 Å². The van der Waals surface area contributed by atoms with Gasteiger partial charge in [-0.15, -0.1) is 0 Å². The minimum Gasteiger partial charge on any atom is -0.478 e. The van der Waals surface area contributed by atoms with E-state index in [0.29, 0.717) is 17.0 Å². The molecule has 0 saturated heterocycles. The summed E-state index contributed by atoms with van der Waals surface area (Å²) >= 11 is 0. The van der Waals surface area contributed by atoms with Crippen molar-refractivity contribution in [1.82, 2.24) is 4.98 Å². The Balaban J connectivity index is 2.55. The van der Waals surface area contributed by atoms with Gasteiger partial charge in [-0.2, -0.15) is 0 Å². The molecule has 21 heavy (non-hydrogen) atoms. The van der Waals surface area contributed by atoms with E-state index >= 15 is 0 Å². The highest BCUT2D eigenvalue weighted by molar-refractivity contribution is 5.89. The lowest BCUT2D eigenvalue weighted by Gasteiger charge is -2.11. The molecule has 0 atom stereocenters. The predicted molar refractivity (Wildman–Crippen MR) is 77.4 cm³/mol. The lowest BCUT2D eigenvalue weighted by atomic mass is 10.0. The average Bonchev–Trinajstić information content (AvgIpc) is 2.46. The fourth-order valence-electron chi connectivity index (χ4n) is 2.04. The average molecular weight is 286 g/mol. The maximum absolute atomic E-state index is 11.2. The number of hydrogen-bond donors (Lipinski definition) is 1. The predicted octanol–water partition coefficient (Wildman–Crippen LogP) is 3.48. The van der Waals surface area contributed by atoms with Crippen molar-refractivity contribution in [3.8, 4) is 11.3 Å². The molecule has 1 heterocycles. The van der Waals surface area contributed by atoms with E-state index < -0.39 is 10.9 Å². The van der Waals surface area contributed by atoms with Crippen LogP contribution in [0.15, 0.2) is 36.4 Å². The summed E-state index contributed by atoms with van der Waals surface area (Å²) in [6.45, 7) is 3.71. The van der Waals surface area contributed by atoms with Crippen LogP contribution in [0.5, 0.6) is 0 Å². The van der Waals surface area contributed by atoms with E-state index in [2.05, 4.69) is 4.98 Å². The molecule has 0 aliphatic rings. The van der Waals surface area contributed by atoms with Gasteiger partial charge in [-0.05, 0) is 18.1 Å². The van der Waals surface area contributed by atoms with Crippen molar-refractivity contribution in [1.29, 1.82) is 0 Å². The summed E-state index contributed by atoms with van der Waals surface area (Å²) in [6, 6.07) is 9.16. The van der Waals surface area contributed by atoms with Gasteiger partial charge in [-0.25, -0.2) is 4.79 Å². The van der Waals surface area contributed by atoms with Crippen molar-refractivity contribution in [3.05, 3.63) is 57.8 Å². The maximum Gasteiger partial charge on any atom is 0.337 e. The Kier molecular flexibility index (Phi) is 3.98. The molecule has 1 aromatic carbocycles. The van der Waals surface area contributed by atoms with Gasteiger partial charge >= 0.3 is 5.97 Å². The summed E-state index contributed by atoms with van der Waals surface area (Å²) in [7, 11) is 0. The molecule has 108 valence electrons. The number of benzene rings is 1. The van der Waals surface area contributed by atoms with E-state index in [1.54, 1.807) is 18.2 Å². The number of carbonyl (C=O) groups is 1. The first-order valence-electron chi connectivity index (χ1n) is 6.39. The quantitative estimate of drug-likeness (QED) is 0.686. The number of nitro groups is 1. The SMILES string of the molecule is CC(C)c1nc(-c2cccc([N+](=O)[O-])c2)ccc1C(=O)O. The lowest BCUT2D eigenvalue weighted by Crippen LogP contribution is -2.07. The van der Waals surface area contributed by atoms with Crippen molar-refractivity contribution >= 4 is 11.7 Å². The molecule has 1 aromatic heterocycles. The number of pyridine rings is 1. The number of hydrogen-bond acceptors (Lipinski definition) is 4. The second kappa shape index (κ2) is 5.70. The Hall–Kier alpha value is -2.76. The molecule has 6 nitrogen and oxygen atoms in total. The molecular formula is C15H14N2O4. The van der Waals surface area contributed by atoms with E-state index in [0.717, 1.165) is 0 Å². The van der Waals surface area contributed by atoms with Crippen LogP contribution in [0.2, 0.25) is 0 Å². The van der Waals surface area contributed by atoms with Crippen LogP contribution < -0.4 is 0 Å². The summed E-state index contributed by atoms with van der Waals surface area (Å²) in [6.07, 6.45) is 0. The summed E-state index contributed by atoms with van der Waals surface area (Å²) in [5.74, 6) is -1.09. The summed E-state index contributed by atoms with van der Waals surface area (Å²) < 4.78 is 0. The molecule has 6 heteroatoms. The number of nitrogens with zero attached hydrogens (tertiary/aromatic N) is 2. The molecule has 2 rings (SSSR count). The summed E-state index contributed by atoms with van der Waals surface area (Å²) in [5.41, 5.74) is 1.70. The van der Waals surface area contributed by atoms with Crippen LogP contribution >= 0.6 is 0 Å². The highest BCUT2D eigenvalue weighted by Gasteiger charge is 2.16. The molecule has 0 unspecified atom stereocenters. The Morgan fingerprint density at radius 3 is 2.57 bits per heavy atom. The molecule has 1 N–H and O–H groups in total. The van der Waals surface area contributed by atoms with Gasteiger partial charge in [-0.3, -0.25) is 15.1 Å². The number of aromatic nitrogens is 1. The van der Waals surface area contributed by atoms with Crippen molar-refractivity contribution in [2.24, 2.45) is 0 Å². The third-order valence-corrected chi connectivity index (χ3v) is 3.05. The van der Waals surface area contributed by atoms with Crippen LogP contribution in [0.25, 0.3) is 11.3 Å². The van der Waals surface area contributed by atoms with Crippen molar-refractivity contribution in [2.75, 3.05) is 0 Å². The number of non-ortho nitro benzene ring substituents is 1. The summed E-state index contributed by atoms with van der Waals surface area (Å²) in [4.78, 5) is 25.9. The molecule has 0 saturated carbocycles. The van der Waals surface area contributed by atoms with Crippen LogP contribution in [0.3, 0.4) is 0 Å². The molecule has 0 amide bonds. The molecule has 0 aliphatic carbocycles. The van der Waals surface area contributed by atoms with Gasteiger partial charge in [-0.1, -0.05) is 26.0 Å². The van der Waals surface area contributed by atoms with E-state index in [-0.39, 0.29) is 17.2 Å². The van der Waals surface area contributed by atoms with Crippen molar-refractivity contribution < 1.29 is 14.8 Å². The number of aromatic carboxylic acids is 1. The van der Waals surface area contributed by atoms with Gasteiger partial charge in [0, 0.05) is 17.7 Å². The minimum atomic E-state index is -1.03. The van der Waals surface area contributed by atoms with Crippen LogP contribution in [-0.4, -0.2) is 21.0 Å². The number of nitro benzene ring substituents is 1. The lowest BCUT2D eigenvalue weighted by molar-refractivity contribution is -0.384. The smallest absolute Gasteiger partial charge is 0.337 e. The first kappa shape index (κ1) is 14.6. The third-order valence-electron chi connectivity index (χ3n) is 3.05. The summed E-state index contributed by atoms with van der Waals surface area (Å²) in [5, 5.41) is 20.0. The first-order valence-corrected chi connectivity index (χ1v) is 6.39. The Morgan fingerprint density at radius 1 is 1.29 bits per heavy atom. The van der Waals surface area contributed by atoms with Crippen LogP contribution in [-0.2, 0) is 0 Å². The molecule has 0 radical (unpaired) electrons. The standard InChI is InChI=1S/C15H14N2O4/c1-9(2)14-12(15(18)19)6-7-13(16-14)10-4-3-5-11(8-10)17(20)21/h3-9H,1-2H3,(H,18,19). The van der Waals surface area contributed by atoms with E-state index in [1.807, 2.05) is 13.8 Å². The monoisotopic (exact) mass is 286 g/mol. The zero-order valence-electron chi connectivity index (χ0n) is 11.6. The molecule has 0 spiro atoms. The second-order valence-corrected chi connectivity index (χ2v) is 4.90. The Labute approximate surface area is 121 Å². The van der Waals surface area contributed by atoms with Gasteiger partial charge < -0.3 is 5.11 Å². The largest absolute Gasteiger partial charge is 0.478 e. The van der Waals surface area contributed by atoms with Crippen LogP contribution in [0.1, 0.15) is 35.8 Å². The zero-order valence-corrected chi connectivity index (χ0v) is 11.6. The molecule has 0 fully saturated rings. The third kappa shape index (κ3) is 3.05. The topological polar surface area (TPSA) is 93.3 Å². The Bertz CT molecular complexity index is 711. The van der Waals surface area contributed by atoms with Gasteiger partial charge in [0.15, 0.2) is 0 Å². The molecule has 0 bridgehead atoms. The second-order valence-electron chi connectivity index (χ2n) is 4.90. The maximum atomic E-state index is 11.2. The van der Waals surface area contributed by atoms with Gasteiger partial charge in [0.2, 0.25) is 0 Å². The molecule has 0 aliphatic heterocycles. The number of rotatable bonds is 4. The number of carboxylic acids is 1. The minimum absolute atomic E-state index is 0.0253. The van der Waals surface area contributed by atoms with Crippen molar-refractivity contribution in [3.63, 3.8) is 0 Å². The van der Waals surface area contributed by atoms with Gasteiger partial charge in [0.05, 0.1) is 21.9 Å². The zero-order chi connectivity index (χ0) is 15.6. The number of carboxylic acid groups (broad SMARTS) is 1. The highest BCUT2D eigenvalue weighted by Crippen LogP contribution is 2.26. The fourth-order valence-corrected chi connectivity index (χ4v) is 2.04. The van der Waals surface area contributed by atoms with Crippen LogP contribution in [0, 0.1) is 10.1 Å². The first-order chi connectivity index (χ1) is 9.90. The van der Waals surface area contributed by atoms with E-state index in [1.165, 1.54) is 18.2 Å². The van der Waals surface area contributed by atoms with Gasteiger partial charge in [0.1, 0.15) is 0 Å². The van der Waals surface area contributed by atoms with E-state index in [9.17, 15) is 14.9 Å². The van der Waals surface area contributed by atoms with Gasteiger partial charge in [0.25, 0.3) is 5.69 Å².